The van der Waals surface area contributed by atoms with Gasteiger partial charge in [-0.25, -0.2) is 4.98 Å². The second kappa shape index (κ2) is 7.99. The molecule has 0 saturated carbocycles. The Morgan fingerprint density at radius 3 is 2.39 bits per heavy atom. The number of rotatable bonds is 5. The number of fused-ring (bicyclic) bond motifs is 1. The molecule has 0 saturated heterocycles. The van der Waals surface area contributed by atoms with Crippen LogP contribution in [0.5, 0.6) is 5.75 Å². The van der Waals surface area contributed by atoms with Gasteiger partial charge in [-0.2, -0.15) is 0 Å². The Kier molecular flexibility index (Phi) is 4.98. The zero-order chi connectivity index (χ0) is 25.1. The Labute approximate surface area is 211 Å². The van der Waals surface area contributed by atoms with E-state index in [1.165, 1.54) is 11.3 Å². The van der Waals surface area contributed by atoms with Crippen LogP contribution in [0.4, 0.5) is 5.13 Å². The predicted molar refractivity (Wildman–Crippen MR) is 138 cm³/mol. The highest BCUT2D eigenvalue weighted by Gasteiger charge is 2.67. The molecule has 1 unspecified atom stereocenters. The van der Waals surface area contributed by atoms with Crippen LogP contribution < -0.4 is 10.1 Å². The number of nitrogens with one attached hydrogen (secondary N) is 1. The first kappa shape index (κ1) is 22.4. The van der Waals surface area contributed by atoms with Crippen molar-refractivity contribution in [2.45, 2.75) is 24.8 Å². The standard InChI is InChI=1S/C28H23N3O4S/c1-27(25(32)30-26-29-23(15-36-26)17-8-7-9-18(14-17)35-2)16-28(31(33)34)21-12-5-3-10-19(21)24(27)20-11-4-6-13-22(20)28/h3-15,24H,16H2,1-2H3,(H,29,30,32). The number of methoxy groups -OCH3 is 1. The quantitative estimate of drug-likeness (QED) is 0.276. The van der Waals surface area contributed by atoms with E-state index in [9.17, 15) is 14.9 Å². The summed E-state index contributed by atoms with van der Waals surface area (Å²) in [7, 11) is 1.61. The summed E-state index contributed by atoms with van der Waals surface area (Å²) in [5, 5.41) is 18.1. The molecular weight excluding hydrogens is 474 g/mol. The van der Waals surface area contributed by atoms with Gasteiger partial charge in [0, 0.05) is 39.3 Å². The number of nitro groups is 1. The minimum Gasteiger partial charge on any atom is -0.497 e. The van der Waals surface area contributed by atoms with Gasteiger partial charge in [-0.05, 0) is 30.2 Å². The molecule has 0 fully saturated rings. The highest BCUT2D eigenvalue weighted by molar-refractivity contribution is 7.14. The molecule has 3 aliphatic rings. The average Bonchev–Trinajstić information content (AvgIpc) is 3.37. The maximum Gasteiger partial charge on any atom is 0.273 e. The largest absolute Gasteiger partial charge is 0.497 e. The topological polar surface area (TPSA) is 94.4 Å². The van der Waals surface area contributed by atoms with Crippen LogP contribution in [0.25, 0.3) is 11.3 Å². The van der Waals surface area contributed by atoms with Crippen molar-refractivity contribution in [3.05, 3.63) is 111 Å². The van der Waals surface area contributed by atoms with E-state index in [1.54, 1.807) is 7.11 Å². The fourth-order valence-corrected chi connectivity index (χ4v) is 6.75. The molecule has 3 aliphatic carbocycles. The van der Waals surface area contributed by atoms with Crippen LogP contribution >= 0.6 is 11.3 Å². The molecule has 0 radical (unpaired) electrons. The lowest BCUT2D eigenvalue weighted by atomic mass is 9.49. The van der Waals surface area contributed by atoms with Crippen molar-refractivity contribution in [1.82, 2.24) is 4.98 Å². The van der Waals surface area contributed by atoms with E-state index in [4.69, 9.17) is 4.74 Å². The molecular formula is C28H23N3O4S. The number of anilines is 1. The second-order valence-corrected chi connectivity index (χ2v) is 10.4. The van der Waals surface area contributed by atoms with Crippen LogP contribution in [0.1, 0.15) is 41.5 Å². The number of thiazole rings is 1. The second-order valence-electron chi connectivity index (χ2n) is 9.54. The third-order valence-corrected chi connectivity index (χ3v) is 8.37. The van der Waals surface area contributed by atoms with E-state index in [-0.39, 0.29) is 23.2 Å². The summed E-state index contributed by atoms with van der Waals surface area (Å²) in [5.74, 6) is 0.151. The average molecular weight is 498 g/mol. The van der Waals surface area contributed by atoms with Gasteiger partial charge in [-0.1, -0.05) is 60.7 Å². The first-order chi connectivity index (χ1) is 17.4. The normalized spacial score (nSPS) is 23.4. The predicted octanol–water partition coefficient (Wildman–Crippen LogP) is 5.83. The Morgan fingerprint density at radius 1 is 1.08 bits per heavy atom. The number of carbonyl (C=O) groups is 1. The van der Waals surface area contributed by atoms with Crippen LogP contribution in [0.15, 0.2) is 78.2 Å². The van der Waals surface area contributed by atoms with Crippen molar-refractivity contribution in [2.75, 3.05) is 12.4 Å². The van der Waals surface area contributed by atoms with E-state index in [1.807, 2.05) is 85.1 Å². The number of amides is 1. The van der Waals surface area contributed by atoms with E-state index >= 15 is 0 Å². The number of carbonyl (C=O) groups excluding carboxylic acids is 1. The first-order valence-electron chi connectivity index (χ1n) is 11.6. The van der Waals surface area contributed by atoms with E-state index in [2.05, 4.69) is 10.3 Å². The fraction of sp³-hybridized carbons (Fsp3) is 0.214. The van der Waals surface area contributed by atoms with Crippen molar-refractivity contribution < 1.29 is 14.5 Å². The van der Waals surface area contributed by atoms with Gasteiger partial charge >= 0.3 is 0 Å². The number of benzene rings is 3. The van der Waals surface area contributed by atoms with E-state index < -0.39 is 11.0 Å². The van der Waals surface area contributed by atoms with Gasteiger partial charge < -0.3 is 10.1 Å². The maximum atomic E-state index is 13.9. The third-order valence-electron chi connectivity index (χ3n) is 7.62. The number of aromatic nitrogens is 1. The molecule has 36 heavy (non-hydrogen) atoms. The summed E-state index contributed by atoms with van der Waals surface area (Å²) < 4.78 is 5.31. The lowest BCUT2D eigenvalue weighted by Gasteiger charge is -2.52. The molecule has 7 nitrogen and oxygen atoms in total. The molecule has 0 spiro atoms. The lowest BCUT2D eigenvalue weighted by Crippen LogP contribution is -2.57. The summed E-state index contributed by atoms with van der Waals surface area (Å²) in [6, 6.07) is 22.5. The summed E-state index contributed by atoms with van der Waals surface area (Å²) in [5.41, 5.74) is 2.12. The monoisotopic (exact) mass is 497 g/mol. The van der Waals surface area contributed by atoms with E-state index in [0.717, 1.165) is 28.1 Å². The minimum absolute atomic E-state index is 0.0750. The van der Waals surface area contributed by atoms with Gasteiger partial charge in [0.15, 0.2) is 5.13 Å². The molecule has 0 aliphatic heterocycles. The highest BCUT2D eigenvalue weighted by Crippen LogP contribution is 2.64. The minimum atomic E-state index is -1.48. The molecule has 180 valence electrons. The number of nitrogens with zero attached hydrogens (tertiary/aromatic N) is 2. The van der Waals surface area contributed by atoms with Gasteiger partial charge in [-0.15, -0.1) is 11.3 Å². The van der Waals surface area contributed by atoms with Crippen LogP contribution in [0.3, 0.4) is 0 Å². The van der Waals surface area contributed by atoms with Gasteiger partial charge in [0.1, 0.15) is 5.75 Å². The van der Waals surface area contributed by atoms with Gasteiger partial charge in [-0.3, -0.25) is 14.9 Å². The number of hydrogen-bond donors (Lipinski definition) is 1. The molecule has 1 N–H and O–H groups in total. The van der Waals surface area contributed by atoms with Crippen molar-refractivity contribution in [2.24, 2.45) is 5.41 Å². The number of hydrogen-bond acceptors (Lipinski definition) is 6. The molecule has 1 heterocycles. The van der Waals surface area contributed by atoms with Gasteiger partial charge in [0.25, 0.3) is 5.54 Å². The van der Waals surface area contributed by atoms with Crippen LogP contribution in [0.2, 0.25) is 0 Å². The number of ether oxygens (including phenoxy) is 1. The van der Waals surface area contributed by atoms with Crippen LogP contribution in [0, 0.1) is 15.5 Å². The van der Waals surface area contributed by atoms with Gasteiger partial charge in [0.05, 0.1) is 18.2 Å². The SMILES string of the molecule is COc1cccc(-c2csc(NC(=O)C3(C)CC4([N+](=O)[O-])c5ccccc5C3c3ccccc34)n2)c1. The molecule has 1 atom stereocenters. The van der Waals surface area contributed by atoms with E-state index in [0.29, 0.717) is 16.3 Å². The molecule has 1 aromatic heterocycles. The van der Waals surface area contributed by atoms with Gasteiger partial charge in [0.2, 0.25) is 5.91 Å². The fourth-order valence-electron chi connectivity index (χ4n) is 6.03. The Bertz CT molecular complexity index is 1480. The van der Waals surface area contributed by atoms with Crippen molar-refractivity contribution in [3.8, 4) is 17.0 Å². The zero-order valence-corrected chi connectivity index (χ0v) is 20.5. The van der Waals surface area contributed by atoms with Crippen LogP contribution in [-0.4, -0.2) is 22.9 Å². The maximum absolute atomic E-state index is 13.9. The lowest BCUT2D eigenvalue weighted by molar-refractivity contribution is -0.573. The van der Waals surface area contributed by atoms with Crippen molar-refractivity contribution >= 4 is 22.4 Å². The molecule has 8 heteroatoms. The molecule has 1 amide bonds. The smallest absolute Gasteiger partial charge is 0.273 e. The molecule has 7 rings (SSSR count). The first-order valence-corrected chi connectivity index (χ1v) is 12.5. The van der Waals surface area contributed by atoms with Crippen molar-refractivity contribution in [3.63, 3.8) is 0 Å². The molecule has 2 bridgehead atoms. The summed E-state index contributed by atoms with van der Waals surface area (Å²) in [6.45, 7) is 1.84. The Morgan fingerprint density at radius 2 is 1.75 bits per heavy atom. The zero-order valence-electron chi connectivity index (χ0n) is 19.7. The van der Waals surface area contributed by atoms with Crippen molar-refractivity contribution in [1.29, 1.82) is 0 Å². The molecule has 4 aromatic rings. The van der Waals surface area contributed by atoms with Crippen LogP contribution in [-0.2, 0) is 10.3 Å². The third kappa shape index (κ3) is 3.04. The highest BCUT2D eigenvalue weighted by atomic mass is 32.1. The molecule has 3 aromatic carbocycles. The summed E-state index contributed by atoms with van der Waals surface area (Å²) in [4.78, 5) is 31.1. The Hall–Kier alpha value is -4.04. The summed E-state index contributed by atoms with van der Waals surface area (Å²) in [6.07, 6.45) is 0.0750. The Balaban J connectivity index is 1.40. The summed E-state index contributed by atoms with van der Waals surface area (Å²) >= 11 is 1.33.